The van der Waals surface area contributed by atoms with E-state index >= 15 is 0 Å². The zero-order valence-corrected chi connectivity index (χ0v) is 8.76. The first-order valence-electron chi connectivity index (χ1n) is 4.17. The van der Waals surface area contributed by atoms with Gasteiger partial charge in [0.2, 0.25) is 0 Å². The van der Waals surface area contributed by atoms with Crippen LogP contribution in [0.5, 0.6) is 0 Å². The van der Waals surface area contributed by atoms with Crippen molar-refractivity contribution < 1.29 is 9.90 Å². The second kappa shape index (κ2) is 3.88. The Labute approximate surface area is 87.7 Å². The van der Waals surface area contributed by atoms with Crippen molar-refractivity contribution in [1.29, 1.82) is 0 Å². The van der Waals surface area contributed by atoms with Gasteiger partial charge in [-0.15, -0.1) is 0 Å². The Morgan fingerprint density at radius 1 is 1.50 bits per heavy atom. The largest absolute Gasteiger partial charge is 0.530 e. The van der Waals surface area contributed by atoms with Crippen LogP contribution in [-0.4, -0.2) is 6.09 Å². The molecule has 1 N–H and O–H groups in total. The maximum absolute atomic E-state index is 10.4. The molecule has 76 valence electrons. The molecule has 1 aromatic carbocycles. The number of hydrogen-bond acceptors (Lipinski definition) is 2. The van der Waals surface area contributed by atoms with Crippen LogP contribution in [0.15, 0.2) is 24.3 Å². The summed E-state index contributed by atoms with van der Waals surface area (Å²) in [4.78, 5) is 10.4. The highest BCUT2D eigenvalue weighted by molar-refractivity contribution is 6.30. The Balaban J connectivity index is 2.97. The minimum absolute atomic E-state index is 0.579. The zero-order valence-electron chi connectivity index (χ0n) is 8.00. The highest BCUT2D eigenvalue weighted by Crippen LogP contribution is 2.22. The van der Waals surface area contributed by atoms with E-state index in [2.05, 4.69) is 5.32 Å². The number of benzene rings is 1. The monoisotopic (exact) mass is 212 g/mol. The van der Waals surface area contributed by atoms with Gasteiger partial charge in [0.1, 0.15) is 6.09 Å². The van der Waals surface area contributed by atoms with Crippen LogP contribution >= 0.6 is 11.6 Å². The summed E-state index contributed by atoms with van der Waals surface area (Å²) in [7, 11) is 0. The van der Waals surface area contributed by atoms with Crippen LogP contribution in [0.3, 0.4) is 0 Å². The molecule has 0 radical (unpaired) electrons. The van der Waals surface area contributed by atoms with Gasteiger partial charge in [0, 0.05) is 5.02 Å². The smallest absolute Gasteiger partial charge is 0.134 e. The maximum Gasteiger partial charge on any atom is 0.134 e. The number of halogens is 1. The van der Waals surface area contributed by atoms with E-state index in [1.807, 2.05) is 6.07 Å². The average molecular weight is 213 g/mol. The van der Waals surface area contributed by atoms with Crippen molar-refractivity contribution in [2.24, 2.45) is 0 Å². The predicted molar refractivity (Wildman–Crippen MR) is 53.0 cm³/mol. The quantitative estimate of drug-likeness (QED) is 0.808. The molecule has 4 heteroatoms. The normalized spacial score (nSPS) is 11.1. The number of carbonyl (C=O) groups excluding carboxylic acids is 1. The molecule has 0 bridgehead atoms. The van der Waals surface area contributed by atoms with Crippen LogP contribution in [0.2, 0.25) is 5.02 Å². The van der Waals surface area contributed by atoms with Crippen LogP contribution in [-0.2, 0) is 5.54 Å². The standard InChI is InChI=1S/C10H12ClNO2/c1-10(2,12-9(13)14)7-4-3-5-8(11)6-7/h3-6,12H,1-2H3,(H,13,14)/p-1. The molecule has 0 heterocycles. The fourth-order valence-electron chi connectivity index (χ4n) is 1.20. The Kier molecular flexibility index (Phi) is 3.01. The van der Waals surface area contributed by atoms with Crippen molar-refractivity contribution in [2.45, 2.75) is 19.4 Å². The van der Waals surface area contributed by atoms with E-state index in [9.17, 15) is 9.90 Å². The zero-order chi connectivity index (χ0) is 10.8. The van der Waals surface area contributed by atoms with E-state index < -0.39 is 11.6 Å². The van der Waals surface area contributed by atoms with E-state index in [-0.39, 0.29) is 0 Å². The number of amides is 1. The van der Waals surface area contributed by atoms with Gasteiger partial charge in [-0.25, -0.2) is 0 Å². The predicted octanol–water partition coefficient (Wildman–Crippen LogP) is 1.51. The second-order valence-electron chi connectivity index (χ2n) is 3.55. The third-order valence-corrected chi connectivity index (χ3v) is 2.20. The summed E-state index contributed by atoms with van der Waals surface area (Å²) >= 11 is 5.80. The van der Waals surface area contributed by atoms with Crippen molar-refractivity contribution >= 4 is 17.7 Å². The van der Waals surface area contributed by atoms with Crippen molar-refractivity contribution in [2.75, 3.05) is 0 Å². The molecule has 1 rings (SSSR count). The van der Waals surface area contributed by atoms with Gasteiger partial charge in [0.05, 0.1) is 5.54 Å². The van der Waals surface area contributed by atoms with Crippen LogP contribution in [0.1, 0.15) is 19.4 Å². The molecule has 0 aromatic heterocycles. The third kappa shape index (κ3) is 2.64. The van der Waals surface area contributed by atoms with Crippen LogP contribution in [0.4, 0.5) is 4.79 Å². The molecule has 3 nitrogen and oxygen atoms in total. The van der Waals surface area contributed by atoms with Crippen LogP contribution in [0.25, 0.3) is 0 Å². The number of carbonyl (C=O) groups is 1. The Morgan fingerprint density at radius 2 is 2.14 bits per heavy atom. The van der Waals surface area contributed by atoms with Gasteiger partial charge in [0.15, 0.2) is 0 Å². The van der Waals surface area contributed by atoms with E-state index in [0.717, 1.165) is 5.56 Å². The molecule has 14 heavy (non-hydrogen) atoms. The summed E-state index contributed by atoms with van der Waals surface area (Å²) in [5.74, 6) is 0. The van der Waals surface area contributed by atoms with Gasteiger partial charge in [0.25, 0.3) is 0 Å². The summed E-state index contributed by atoms with van der Waals surface area (Å²) in [5, 5.41) is 13.3. The summed E-state index contributed by atoms with van der Waals surface area (Å²) in [6.07, 6.45) is -1.30. The Bertz CT molecular complexity index is 350. The van der Waals surface area contributed by atoms with Gasteiger partial charge in [-0.05, 0) is 31.5 Å². The molecule has 0 saturated carbocycles. The molecule has 0 aliphatic heterocycles. The van der Waals surface area contributed by atoms with Crippen molar-refractivity contribution in [3.05, 3.63) is 34.9 Å². The summed E-state index contributed by atoms with van der Waals surface area (Å²) in [5.41, 5.74) is 0.109. The molecule has 1 aromatic rings. The molecular formula is C10H11ClNO2-. The van der Waals surface area contributed by atoms with Gasteiger partial charge in [-0.3, -0.25) is 0 Å². The first-order valence-corrected chi connectivity index (χ1v) is 4.55. The fourth-order valence-corrected chi connectivity index (χ4v) is 1.39. The Morgan fingerprint density at radius 3 is 2.64 bits per heavy atom. The van der Waals surface area contributed by atoms with E-state index in [4.69, 9.17) is 11.6 Å². The van der Waals surface area contributed by atoms with Crippen molar-refractivity contribution in [1.82, 2.24) is 5.32 Å². The average Bonchev–Trinajstić information content (AvgIpc) is 2.01. The van der Waals surface area contributed by atoms with Crippen molar-refractivity contribution in [3.8, 4) is 0 Å². The fraction of sp³-hybridized carbons (Fsp3) is 0.300. The van der Waals surface area contributed by atoms with Gasteiger partial charge >= 0.3 is 0 Å². The lowest BCUT2D eigenvalue weighted by Crippen LogP contribution is -2.47. The molecule has 0 atom stereocenters. The highest BCUT2D eigenvalue weighted by Gasteiger charge is 2.19. The van der Waals surface area contributed by atoms with Crippen LogP contribution < -0.4 is 10.4 Å². The summed E-state index contributed by atoms with van der Waals surface area (Å²) in [6.45, 7) is 3.49. The topological polar surface area (TPSA) is 52.2 Å². The minimum atomic E-state index is -1.30. The van der Waals surface area contributed by atoms with E-state index in [1.165, 1.54) is 0 Å². The minimum Gasteiger partial charge on any atom is -0.530 e. The number of nitrogens with one attached hydrogen (secondary N) is 1. The molecule has 0 saturated heterocycles. The third-order valence-electron chi connectivity index (χ3n) is 1.96. The molecule has 0 fully saturated rings. The van der Waals surface area contributed by atoms with Gasteiger partial charge < -0.3 is 15.2 Å². The molecule has 1 amide bonds. The lowest BCUT2D eigenvalue weighted by molar-refractivity contribution is -0.253. The second-order valence-corrected chi connectivity index (χ2v) is 3.98. The summed E-state index contributed by atoms with van der Waals surface area (Å²) in [6, 6.07) is 7.04. The highest BCUT2D eigenvalue weighted by atomic mass is 35.5. The molecule has 0 spiro atoms. The SMILES string of the molecule is CC(C)(NC(=O)[O-])c1cccc(Cl)c1. The molecule has 0 aliphatic carbocycles. The maximum atomic E-state index is 10.4. The molecular weight excluding hydrogens is 202 g/mol. The Hall–Kier alpha value is -1.22. The summed E-state index contributed by atoms with van der Waals surface area (Å²) < 4.78 is 0. The van der Waals surface area contributed by atoms with E-state index in [0.29, 0.717) is 5.02 Å². The first kappa shape index (κ1) is 10.9. The number of carboxylic acid groups (broad SMARTS) is 1. The van der Waals surface area contributed by atoms with E-state index in [1.54, 1.807) is 32.0 Å². The lowest BCUT2D eigenvalue weighted by atomic mass is 9.95. The van der Waals surface area contributed by atoms with Crippen molar-refractivity contribution in [3.63, 3.8) is 0 Å². The lowest BCUT2D eigenvalue weighted by Gasteiger charge is -2.28. The van der Waals surface area contributed by atoms with Gasteiger partial charge in [-0.2, -0.15) is 0 Å². The molecule has 0 aliphatic rings. The number of hydrogen-bond donors (Lipinski definition) is 1. The van der Waals surface area contributed by atoms with Crippen LogP contribution in [0, 0.1) is 0 Å². The molecule has 0 unspecified atom stereocenters. The number of rotatable bonds is 2. The first-order chi connectivity index (χ1) is 6.42. The van der Waals surface area contributed by atoms with Gasteiger partial charge in [-0.1, -0.05) is 23.7 Å².